The van der Waals surface area contributed by atoms with Crippen LogP contribution in [0.2, 0.25) is 5.02 Å². The van der Waals surface area contributed by atoms with Gasteiger partial charge in [0.25, 0.3) is 5.91 Å². The van der Waals surface area contributed by atoms with Gasteiger partial charge in [0, 0.05) is 42.9 Å². The number of ether oxygens (including phenoxy) is 2. The zero-order chi connectivity index (χ0) is 47.1. The van der Waals surface area contributed by atoms with Gasteiger partial charge in [0.1, 0.15) is 43.7 Å². The van der Waals surface area contributed by atoms with Gasteiger partial charge >= 0.3 is 0 Å². The number of amides is 4. The first kappa shape index (κ1) is 49.5. The molecule has 1 saturated heterocycles. The predicted molar refractivity (Wildman–Crippen MR) is 250 cm³/mol. The molecule has 4 aromatic rings. The Morgan fingerprint density at radius 2 is 1.86 bits per heavy atom. The van der Waals surface area contributed by atoms with Crippen LogP contribution in [-0.4, -0.2) is 106 Å². The second-order valence-electron chi connectivity index (χ2n) is 16.3. The Balaban J connectivity index is 1.02. The van der Waals surface area contributed by atoms with E-state index < -0.39 is 41.3 Å². The number of allylic oxidation sites excluding steroid dienone is 4. The van der Waals surface area contributed by atoms with Crippen LogP contribution in [0.3, 0.4) is 0 Å². The molecule has 0 saturated carbocycles. The van der Waals surface area contributed by atoms with Crippen LogP contribution < -0.4 is 20.7 Å². The number of carbonyl (C=O) groups is 4. The number of β-amino-alcohol motifs (C(OH)–C–C–N with tert-alkyl or cyclic N) is 1. The van der Waals surface area contributed by atoms with Crippen molar-refractivity contribution in [3.8, 4) is 34.9 Å². The molecule has 15 nitrogen and oxygen atoms in total. The molecule has 4 N–H and O–H groups in total. The summed E-state index contributed by atoms with van der Waals surface area (Å²) in [6, 6.07) is 13.5. The van der Waals surface area contributed by atoms with E-state index >= 15 is 0 Å². The Labute approximate surface area is 388 Å². The van der Waals surface area contributed by atoms with Crippen molar-refractivity contribution >= 4 is 52.1 Å². The van der Waals surface area contributed by atoms with Gasteiger partial charge in [0.2, 0.25) is 17.7 Å². The number of nitriles is 1. The molecule has 1 aliphatic heterocycles. The second-order valence-corrected chi connectivity index (χ2v) is 17.6. The number of halogens is 1. The van der Waals surface area contributed by atoms with E-state index in [2.05, 4.69) is 44.5 Å². The lowest BCUT2D eigenvalue weighted by molar-refractivity contribution is -0.144. The summed E-state index contributed by atoms with van der Waals surface area (Å²) in [6.07, 6.45) is 8.19. The van der Waals surface area contributed by atoms with E-state index in [1.807, 2.05) is 44.3 Å². The molecule has 17 heteroatoms. The third-order valence-corrected chi connectivity index (χ3v) is 11.4. The number of hydrogen-bond acceptors (Lipinski definition) is 11. The normalized spacial score (nSPS) is 15.9. The minimum Gasteiger partial charge on any atom is -0.481 e. The molecule has 2 aromatic carbocycles. The van der Waals surface area contributed by atoms with Crippen LogP contribution >= 0.6 is 22.9 Å². The summed E-state index contributed by atoms with van der Waals surface area (Å²) in [4.78, 5) is 59.6. The minimum absolute atomic E-state index is 0.0342. The Morgan fingerprint density at radius 3 is 2.54 bits per heavy atom. The molecule has 0 bridgehead atoms. The zero-order valence-corrected chi connectivity index (χ0v) is 38.5. The third-order valence-electron chi connectivity index (χ3n) is 10.1. The van der Waals surface area contributed by atoms with Crippen LogP contribution in [0.15, 0.2) is 91.1 Å². The fraction of sp³-hybridized carbons (Fsp3) is 0.354. The molecule has 4 atom stereocenters. The number of nitrogens with zero attached hydrogens (tertiary/aromatic N) is 5. The molecule has 1 aliphatic rings. The van der Waals surface area contributed by atoms with E-state index in [0.717, 1.165) is 21.7 Å². The standard InChI is InChI=1S/C48H53ClN8O7S/c1-7-33(43-32(3)52-30-65-43)12-8-9-20-51-46(61)41-25-37(58)28-57(41)47(62)44(48(4,5)6)54-42(59)29-63-22-10-11-23-64-38-17-15-34(16-18-38)45(60)53-31(2)27-56-21-19-40(55-56)35-13-14-36(26-50)39(49)24-35/h7-9,12-19,21,24,30-31,37,41,44,58H,1,20,22-23,25,27-29H2,2-6H3,(H,51,61)(H,53,60)(H,54,59)/b9-8+,33-12+/t31?,37-,41+,44-/m1/s1. The predicted octanol–water partition coefficient (Wildman–Crippen LogP) is 5.49. The lowest BCUT2D eigenvalue weighted by Gasteiger charge is -2.35. The van der Waals surface area contributed by atoms with Gasteiger partial charge in [-0.2, -0.15) is 10.4 Å². The van der Waals surface area contributed by atoms with E-state index in [1.54, 1.807) is 85.6 Å². The topological polar surface area (TPSA) is 201 Å². The van der Waals surface area contributed by atoms with Crippen LogP contribution in [0.1, 0.15) is 60.6 Å². The number of aliphatic hydroxyl groups is 1. The summed E-state index contributed by atoms with van der Waals surface area (Å²) in [6.45, 7) is 13.3. The van der Waals surface area contributed by atoms with Gasteiger partial charge in [-0.1, -0.05) is 81.2 Å². The summed E-state index contributed by atoms with van der Waals surface area (Å²) in [7, 11) is 0. The number of likely N-dealkylation sites (tertiary alicyclic amines) is 1. The second kappa shape index (κ2) is 23.4. The summed E-state index contributed by atoms with van der Waals surface area (Å²) in [5.74, 6) is 4.42. The minimum atomic E-state index is -1.00. The van der Waals surface area contributed by atoms with Gasteiger partial charge in [0.05, 0.1) is 45.0 Å². The average molecular weight is 922 g/mol. The molecule has 3 heterocycles. The maximum atomic E-state index is 13.9. The highest BCUT2D eigenvalue weighted by atomic mass is 35.5. The lowest BCUT2D eigenvalue weighted by atomic mass is 9.85. The average Bonchev–Trinajstić information content (AvgIpc) is 4.03. The van der Waals surface area contributed by atoms with Crippen molar-refractivity contribution in [1.29, 1.82) is 5.26 Å². The van der Waals surface area contributed by atoms with Crippen LogP contribution in [0.25, 0.3) is 16.8 Å². The number of hydrogen-bond donors (Lipinski definition) is 4. The van der Waals surface area contributed by atoms with Crippen molar-refractivity contribution < 1.29 is 33.8 Å². The van der Waals surface area contributed by atoms with Crippen LogP contribution in [-0.2, 0) is 25.7 Å². The van der Waals surface area contributed by atoms with Crippen molar-refractivity contribution in [3.63, 3.8) is 0 Å². The maximum Gasteiger partial charge on any atom is 0.251 e. The number of thiazole rings is 1. The molecule has 4 amide bonds. The Bertz CT molecular complexity index is 2510. The highest BCUT2D eigenvalue weighted by Gasteiger charge is 2.44. The number of nitrogens with one attached hydrogen (secondary N) is 3. The molecule has 0 radical (unpaired) electrons. The molecule has 0 spiro atoms. The van der Waals surface area contributed by atoms with E-state index in [1.165, 1.54) is 16.2 Å². The molecule has 5 rings (SSSR count). The summed E-state index contributed by atoms with van der Waals surface area (Å²) in [5, 5.41) is 33.1. The monoisotopic (exact) mass is 920 g/mol. The van der Waals surface area contributed by atoms with Crippen molar-refractivity contribution in [3.05, 3.63) is 118 Å². The molecule has 0 aliphatic carbocycles. The van der Waals surface area contributed by atoms with E-state index in [9.17, 15) is 24.3 Å². The first-order valence-corrected chi connectivity index (χ1v) is 22.1. The van der Waals surface area contributed by atoms with Crippen LogP contribution in [0.4, 0.5) is 0 Å². The summed E-state index contributed by atoms with van der Waals surface area (Å²) < 4.78 is 12.8. The summed E-state index contributed by atoms with van der Waals surface area (Å²) >= 11 is 7.69. The Kier molecular flexibility index (Phi) is 17.8. The molecule has 1 fully saturated rings. The van der Waals surface area contributed by atoms with Crippen molar-refractivity contribution in [2.75, 3.05) is 32.9 Å². The van der Waals surface area contributed by atoms with E-state index in [4.69, 9.17) is 26.3 Å². The molecule has 65 heavy (non-hydrogen) atoms. The van der Waals surface area contributed by atoms with Gasteiger partial charge in [0.15, 0.2) is 0 Å². The zero-order valence-electron chi connectivity index (χ0n) is 37.0. The van der Waals surface area contributed by atoms with Crippen molar-refractivity contribution in [1.82, 2.24) is 35.6 Å². The smallest absolute Gasteiger partial charge is 0.251 e. The van der Waals surface area contributed by atoms with E-state index in [-0.39, 0.29) is 51.3 Å². The van der Waals surface area contributed by atoms with Gasteiger partial charge in [-0.15, -0.1) is 11.3 Å². The number of aryl methyl sites for hydroxylation is 1. The number of aliphatic hydroxyl groups excluding tert-OH is 1. The SMILES string of the molecule is C=C/C(=C\C=C\CNC(=O)[C@@H]1C[C@@H](O)CN1C(=O)[C@@H](NC(=O)COCC#CCOc1ccc(C(=O)NC(C)Cn2ccc(-c3ccc(C#N)c(Cl)c3)n2)cc1)C(C)(C)C)c1scnc1C. The maximum absolute atomic E-state index is 13.9. The number of benzene rings is 2. The quantitative estimate of drug-likeness (QED) is 0.0562. The first-order chi connectivity index (χ1) is 31.1. The molecule has 340 valence electrons. The van der Waals surface area contributed by atoms with Gasteiger partial charge in [-0.25, -0.2) is 4.98 Å². The highest BCUT2D eigenvalue weighted by molar-refractivity contribution is 7.11. The van der Waals surface area contributed by atoms with Crippen LogP contribution in [0.5, 0.6) is 5.75 Å². The van der Waals surface area contributed by atoms with Crippen molar-refractivity contribution in [2.45, 2.75) is 71.8 Å². The molecule has 1 unspecified atom stereocenters. The van der Waals surface area contributed by atoms with Crippen molar-refractivity contribution in [2.24, 2.45) is 5.41 Å². The fourth-order valence-corrected chi connectivity index (χ4v) is 7.84. The lowest BCUT2D eigenvalue weighted by Crippen LogP contribution is -2.58. The fourth-order valence-electron chi connectivity index (χ4n) is 6.79. The van der Waals surface area contributed by atoms with E-state index in [0.29, 0.717) is 34.1 Å². The number of rotatable bonds is 18. The van der Waals surface area contributed by atoms with Gasteiger partial charge in [-0.3, -0.25) is 23.9 Å². The Morgan fingerprint density at radius 1 is 1.11 bits per heavy atom. The number of aromatic nitrogens is 3. The van der Waals surface area contributed by atoms with Gasteiger partial charge in [-0.05, 0) is 67.3 Å². The largest absolute Gasteiger partial charge is 0.481 e. The highest BCUT2D eigenvalue weighted by Crippen LogP contribution is 2.27. The van der Waals surface area contributed by atoms with Crippen LogP contribution in [0, 0.1) is 35.5 Å². The molecular formula is C48H53ClN8O7S. The molecule has 2 aromatic heterocycles. The van der Waals surface area contributed by atoms with Gasteiger partial charge < -0.3 is 35.4 Å². The Hall–Kier alpha value is -6.56. The third kappa shape index (κ3) is 14.2. The number of carbonyl (C=O) groups excluding carboxylic acids is 4. The summed E-state index contributed by atoms with van der Waals surface area (Å²) in [5.41, 5.74) is 5.17. The first-order valence-electron chi connectivity index (χ1n) is 20.8. The molecular weight excluding hydrogens is 868 g/mol.